The van der Waals surface area contributed by atoms with Gasteiger partial charge < -0.3 is 39.7 Å². The molecule has 3 aliphatic rings. The summed E-state index contributed by atoms with van der Waals surface area (Å²) < 4.78 is 16.2. The highest BCUT2D eigenvalue weighted by molar-refractivity contribution is 5.75. The van der Waals surface area contributed by atoms with Crippen LogP contribution in [-0.4, -0.2) is 88.1 Å². The zero-order valence-corrected chi connectivity index (χ0v) is 14.0. The molecule has 1 saturated carbocycles. The van der Waals surface area contributed by atoms with Gasteiger partial charge in [0.25, 0.3) is 0 Å². The van der Waals surface area contributed by atoms with Crippen molar-refractivity contribution in [3.63, 3.8) is 0 Å². The Bertz CT molecular complexity index is 484. The maximum absolute atomic E-state index is 12.1. The molecule has 10 atom stereocenters. The average molecular weight is 362 g/mol. The lowest BCUT2D eigenvalue weighted by Gasteiger charge is -2.40. The van der Waals surface area contributed by atoms with E-state index in [0.717, 1.165) is 0 Å². The lowest BCUT2D eigenvalue weighted by molar-refractivity contribution is -0.303. The Hall–Kier alpha value is -0.810. The molecule has 0 amide bonds. The summed E-state index contributed by atoms with van der Waals surface area (Å²) >= 11 is 0. The number of aliphatic hydroxyl groups is 5. The highest BCUT2D eigenvalue weighted by Crippen LogP contribution is 2.47. The highest BCUT2D eigenvalue weighted by Gasteiger charge is 2.55. The lowest BCUT2D eigenvalue weighted by Crippen LogP contribution is -2.59. The molecule has 25 heavy (non-hydrogen) atoms. The summed E-state index contributed by atoms with van der Waals surface area (Å²) in [5.74, 6) is -1.02. The van der Waals surface area contributed by atoms with Crippen LogP contribution in [0.5, 0.6) is 0 Å². The summed E-state index contributed by atoms with van der Waals surface area (Å²) in [4.78, 5) is 12.1. The number of rotatable bonds is 5. The normalized spacial score (nSPS) is 49.9. The van der Waals surface area contributed by atoms with Crippen molar-refractivity contribution >= 4 is 5.97 Å². The van der Waals surface area contributed by atoms with Gasteiger partial charge in [-0.2, -0.15) is 0 Å². The summed E-state index contributed by atoms with van der Waals surface area (Å²) in [6.45, 7) is 1.30. The van der Waals surface area contributed by atoms with E-state index >= 15 is 0 Å². The minimum Gasteiger partial charge on any atom is -0.462 e. The first-order valence-electron chi connectivity index (χ1n) is 8.62. The SMILES string of the molecule is CC1CC2OC(=O)C(COC3OC(CO)C(O)C(O)C3O)C2C1CO. The Morgan fingerprint density at radius 1 is 1.12 bits per heavy atom. The molecule has 0 radical (unpaired) electrons. The number of carbonyl (C=O) groups excluding carboxylic acids is 1. The third-order valence-corrected chi connectivity index (χ3v) is 5.79. The van der Waals surface area contributed by atoms with Crippen LogP contribution in [0.3, 0.4) is 0 Å². The summed E-state index contributed by atoms with van der Waals surface area (Å²) in [6.07, 6.45) is -6.41. The van der Waals surface area contributed by atoms with Gasteiger partial charge in [-0.15, -0.1) is 0 Å². The molecule has 0 aromatic heterocycles. The predicted molar refractivity (Wildman–Crippen MR) is 80.9 cm³/mol. The van der Waals surface area contributed by atoms with Gasteiger partial charge in [-0.3, -0.25) is 4.79 Å². The second kappa shape index (κ2) is 7.43. The maximum Gasteiger partial charge on any atom is 0.312 e. The molecule has 0 aromatic carbocycles. The van der Waals surface area contributed by atoms with Crippen LogP contribution in [0.25, 0.3) is 0 Å². The van der Waals surface area contributed by atoms with Gasteiger partial charge in [0.15, 0.2) is 6.29 Å². The van der Waals surface area contributed by atoms with Gasteiger partial charge >= 0.3 is 5.97 Å². The van der Waals surface area contributed by atoms with E-state index in [2.05, 4.69) is 0 Å². The second-order valence-corrected chi connectivity index (χ2v) is 7.25. The van der Waals surface area contributed by atoms with Crippen LogP contribution >= 0.6 is 0 Å². The number of esters is 1. The topological polar surface area (TPSA) is 146 Å². The Kier molecular flexibility index (Phi) is 5.64. The number of hydrogen-bond acceptors (Lipinski definition) is 9. The van der Waals surface area contributed by atoms with Gasteiger partial charge in [0, 0.05) is 12.5 Å². The molecule has 0 spiro atoms. The molecule has 3 fully saturated rings. The molecule has 2 aliphatic heterocycles. The van der Waals surface area contributed by atoms with E-state index in [4.69, 9.17) is 14.2 Å². The number of carbonyl (C=O) groups is 1. The Morgan fingerprint density at radius 2 is 1.84 bits per heavy atom. The first kappa shape index (κ1) is 19.0. The summed E-state index contributed by atoms with van der Waals surface area (Å²) in [7, 11) is 0. The van der Waals surface area contributed by atoms with E-state index in [0.29, 0.717) is 6.42 Å². The predicted octanol–water partition coefficient (Wildman–Crippen LogP) is -2.39. The summed E-state index contributed by atoms with van der Waals surface area (Å²) in [5, 5.41) is 48.3. The molecule has 5 N–H and O–H groups in total. The first-order chi connectivity index (χ1) is 11.9. The zero-order valence-electron chi connectivity index (χ0n) is 14.0. The van der Waals surface area contributed by atoms with E-state index in [1.807, 2.05) is 6.92 Å². The van der Waals surface area contributed by atoms with Crippen molar-refractivity contribution in [2.24, 2.45) is 23.7 Å². The van der Waals surface area contributed by atoms with Crippen molar-refractivity contribution in [1.82, 2.24) is 0 Å². The average Bonchev–Trinajstić information content (AvgIpc) is 3.05. The van der Waals surface area contributed by atoms with Crippen LogP contribution in [-0.2, 0) is 19.0 Å². The fourth-order valence-corrected chi connectivity index (χ4v) is 4.32. The van der Waals surface area contributed by atoms with Crippen molar-refractivity contribution in [3.05, 3.63) is 0 Å². The molecule has 0 bridgehead atoms. The van der Waals surface area contributed by atoms with E-state index in [1.165, 1.54) is 0 Å². The molecular formula is C16H26O9. The Morgan fingerprint density at radius 3 is 2.48 bits per heavy atom. The van der Waals surface area contributed by atoms with Gasteiger partial charge in [0.05, 0.1) is 19.1 Å². The Balaban J connectivity index is 1.65. The molecule has 144 valence electrons. The van der Waals surface area contributed by atoms with Crippen LogP contribution in [0.2, 0.25) is 0 Å². The smallest absolute Gasteiger partial charge is 0.312 e. The fourth-order valence-electron chi connectivity index (χ4n) is 4.32. The molecular weight excluding hydrogens is 336 g/mol. The summed E-state index contributed by atoms with van der Waals surface area (Å²) in [6, 6.07) is 0. The molecule has 2 heterocycles. The van der Waals surface area contributed by atoms with Crippen molar-refractivity contribution in [2.45, 2.75) is 50.2 Å². The van der Waals surface area contributed by atoms with Gasteiger partial charge in [0.1, 0.15) is 30.5 Å². The minimum absolute atomic E-state index is 0.0461. The van der Waals surface area contributed by atoms with Gasteiger partial charge in [-0.05, 0) is 18.3 Å². The van der Waals surface area contributed by atoms with Crippen LogP contribution < -0.4 is 0 Å². The van der Waals surface area contributed by atoms with Crippen LogP contribution in [0.15, 0.2) is 0 Å². The van der Waals surface area contributed by atoms with E-state index in [-0.39, 0.29) is 37.1 Å². The van der Waals surface area contributed by atoms with Crippen LogP contribution in [0.1, 0.15) is 13.3 Å². The monoisotopic (exact) mass is 362 g/mol. The molecule has 1 aliphatic carbocycles. The number of aliphatic hydroxyl groups excluding tert-OH is 5. The number of fused-ring (bicyclic) bond motifs is 1. The highest BCUT2D eigenvalue weighted by atomic mass is 16.7. The van der Waals surface area contributed by atoms with E-state index < -0.39 is 49.2 Å². The van der Waals surface area contributed by atoms with Gasteiger partial charge in [0.2, 0.25) is 0 Å². The molecule has 3 rings (SSSR count). The number of ether oxygens (including phenoxy) is 3. The van der Waals surface area contributed by atoms with Crippen molar-refractivity contribution < 1.29 is 44.5 Å². The van der Waals surface area contributed by atoms with Gasteiger partial charge in [-0.25, -0.2) is 0 Å². The third-order valence-electron chi connectivity index (χ3n) is 5.79. The largest absolute Gasteiger partial charge is 0.462 e. The van der Waals surface area contributed by atoms with E-state index in [1.54, 1.807) is 0 Å². The second-order valence-electron chi connectivity index (χ2n) is 7.25. The summed E-state index contributed by atoms with van der Waals surface area (Å²) in [5.41, 5.74) is 0. The zero-order chi connectivity index (χ0) is 18.3. The van der Waals surface area contributed by atoms with E-state index in [9.17, 15) is 30.3 Å². The number of hydrogen-bond donors (Lipinski definition) is 5. The van der Waals surface area contributed by atoms with Crippen LogP contribution in [0, 0.1) is 23.7 Å². The van der Waals surface area contributed by atoms with Crippen molar-refractivity contribution in [2.75, 3.05) is 19.8 Å². The van der Waals surface area contributed by atoms with Crippen molar-refractivity contribution in [3.8, 4) is 0 Å². The Labute approximate surface area is 145 Å². The fraction of sp³-hybridized carbons (Fsp3) is 0.938. The quantitative estimate of drug-likeness (QED) is 0.338. The van der Waals surface area contributed by atoms with Crippen molar-refractivity contribution in [1.29, 1.82) is 0 Å². The minimum atomic E-state index is -1.53. The molecule has 9 heteroatoms. The lowest BCUT2D eigenvalue weighted by atomic mass is 9.83. The molecule has 2 saturated heterocycles. The van der Waals surface area contributed by atoms with Crippen LogP contribution in [0.4, 0.5) is 0 Å². The molecule has 10 unspecified atom stereocenters. The maximum atomic E-state index is 12.1. The van der Waals surface area contributed by atoms with Gasteiger partial charge in [-0.1, -0.05) is 6.92 Å². The standard InChI is InChI=1S/C16H26O9/c1-6-2-9-11(7(6)3-17)8(15(22)24-9)5-23-16-14(21)13(20)12(19)10(4-18)25-16/h6-14,16-21H,2-5H2,1H3. The first-order valence-corrected chi connectivity index (χ1v) is 8.62. The third kappa shape index (κ3) is 3.30. The molecule has 0 aromatic rings. The molecule has 9 nitrogen and oxygen atoms in total.